The molecule has 1 aromatic heterocycles. The minimum Gasteiger partial charge on any atom is -0.347 e. The number of hydrogen-bond acceptors (Lipinski definition) is 2. The van der Waals surface area contributed by atoms with Crippen LogP contribution in [-0.4, -0.2) is 9.97 Å². The fraction of sp³-hybridized carbons (Fsp3) is 0.182. The number of imidazole rings is 1. The molecule has 1 atom stereocenters. The highest BCUT2D eigenvalue weighted by Gasteiger charge is 2.12. The number of nitrogens with two attached hydrogens (primary N) is 1. The summed E-state index contributed by atoms with van der Waals surface area (Å²) in [6.45, 7) is 0. The number of rotatable bonds is 3. The quantitative estimate of drug-likeness (QED) is 0.910. The molecule has 84 valence electrons. The van der Waals surface area contributed by atoms with Crippen molar-refractivity contribution in [3.05, 3.63) is 52.3 Å². The van der Waals surface area contributed by atoms with E-state index in [-0.39, 0.29) is 11.9 Å². The lowest BCUT2D eigenvalue weighted by atomic mass is 10.1. The highest BCUT2D eigenvalue weighted by Crippen LogP contribution is 2.19. The van der Waals surface area contributed by atoms with Crippen molar-refractivity contribution >= 4 is 15.9 Å². The van der Waals surface area contributed by atoms with Crippen LogP contribution in [0.1, 0.15) is 17.4 Å². The molecule has 1 aromatic carbocycles. The second-order valence-electron chi connectivity index (χ2n) is 3.52. The van der Waals surface area contributed by atoms with Crippen molar-refractivity contribution in [2.45, 2.75) is 12.5 Å². The number of nitrogens with one attached hydrogen (secondary N) is 1. The fourth-order valence-electron chi connectivity index (χ4n) is 1.51. The average Bonchev–Trinajstić information content (AvgIpc) is 2.76. The molecule has 0 aliphatic heterocycles. The fourth-order valence-corrected chi connectivity index (χ4v) is 1.92. The number of benzene rings is 1. The lowest BCUT2D eigenvalue weighted by molar-refractivity contribution is 0.586. The molecule has 3 nitrogen and oxygen atoms in total. The van der Waals surface area contributed by atoms with Crippen LogP contribution in [0.2, 0.25) is 0 Å². The van der Waals surface area contributed by atoms with Gasteiger partial charge in [0.25, 0.3) is 0 Å². The number of aromatic amines is 1. The van der Waals surface area contributed by atoms with Crippen LogP contribution in [0.15, 0.2) is 35.1 Å². The first kappa shape index (κ1) is 11.3. The SMILES string of the molecule is NC(Cc1cc(Br)ccc1F)c1ncc[nH]1. The van der Waals surface area contributed by atoms with Crippen molar-refractivity contribution in [3.63, 3.8) is 0 Å². The van der Waals surface area contributed by atoms with Crippen LogP contribution in [0.4, 0.5) is 4.39 Å². The number of H-pyrrole nitrogens is 1. The third kappa shape index (κ3) is 2.48. The molecule has 2 aromatic rings. The summed E-state index contributed by atoms with van der Waals surface area (Å²) >= 11 is 3.30. The summed E-state index contributed by atoms with van der Waals surface area (Å²) in [5, 5.41) is 0. The summed E-state index contributed by atoms with van der Waals surface area (Å²) in [6.07, 6.45) is 3.75. The molecule has 16 heavy (non-hydrogen) atoms. The predicted octanol–water partition coefficient (Wildman–Crippen LogP) is 2.55. The molecule has 0 fully saturated rings. The van der Waals surface area contributed by atoms with Gasteiger partial charge in [-0.3, -0.25) is 0 Å². The van der Waals surface area contributed by atoms with Crippen molar-refractivity contribution in [3.8, 4) is 0 Å². The molecule has 0 saturated carbocycles. The van der Waals surface area contributed by atoms with Gasteiger partial charge in [0, 0.05) is 16.9 Å². The molecular formula is C11H11BrFN3. The Kier molecular flexibility index (Phi) is 3.36. The Hall–Kier alpha value is -1.20. The van der Waals surface area contributed by atoms with E-state index in [0.29, 0.717) is 17.8 Å². The van der Waals surface area contributed by atoms with Gasteiger partial charge in [0.2, 0.25) is 0 Å². The summed E-state index contributed by atoms with van der Waals surface area (Å²) in [5.74, 6) is 0.421. The number of nitrogens with zero attached hydrogens (tertiary/aromatic N) is 1. The van der Waals surface area contributed by atoms with Crippen molar-refractivity contribution in [2.75, 3.05) is 0 Å². The molecule has 1 heterocycles. The number of aromatic nitrogens is 2. The van der Waals surface area contributed by atoms with Crippen LogP contribution in [0.5, 0.6) is 0 Å². The minimum absolute atomic E-state index is 0.245. The van der Waals surface area contributed by atoms with Crippen molar-refractivity contribution in [1.29, 1.82) is 0 Å². The first-order chi connectivity index (χ1) is 7.66. The molecule has 0 bridgehead atoms. The predicted molar refractivity (Wildman–Crippen MR) is 63.3 cm³/mol. The van der Waals surface area contributed by atoms with E-state index in [1.807, 2.05) is 0 Å². The third-order valence-corrected chi connectivity index (χ3v) is 2.81. The number of hydrogen-bond donors (Lipinski definition) is 2. The largest absolute Gasteiger partial charge is 0.347 e. The first-order valence-electron chi connectivity index (χ1n) is 4.85. The van der Waals surface area contributed by atoms with Gasteiger partial charge >= 0.3 is 0 Å². The van der Waals surface area contributed by atoms with Crippen LogP contribution in [0.3, 0.4) is 0 Å². The molecule has 1 unspecified atom stereocenters. The van der Waals surface area contributed by atoms with E-state index in [0.717, 1.165) is 4.47 Å². The Balaban J connectivity index is 2.17. The first-order valence-corrected chi connectivity index (χ1v) is 5.65. The summed E-state index contributed by atoms with van der Waals surface area (Å²) in [6, 6.07) is 4.50. The maximum absolute atomic E-state index is 13.5. The van der Waals surface area contributed by atoms with E-state index >= 15 is 0 Å². The maximum atomic E-state index is 13.5. The van der Waals surface area contributed by atoms with E-state index < -0.39 is 0 Å². The van der Waals surface area contributed by atoms with Crippen LogP contribution >= 0.6 is 15.9 Å². The molecule has 2 rings (SSSR count). The Bertz CT molecular complexity index is 470. The van der Waals surface area contributed by atoms with Gasteiger partial charge in [-0.2, -0.15) is 0 Å². The molecule has 0 spiro atoms. The zero-order valence-electron chi connectivity index (χ0n) is 8.45. The van der Waals surface area contributed by atoms with Gasteiger partial charge in [0.05, 0.1) is 6.04 Å². The third-order valence-electron chi connectivity index (χ3n) is 2.32. The number of halogens is 2. The van der Waals surface area contributed by atoms with Crippen LogP contribution in [-0.2, 0) is 6.42 Å². The highest BCUT2D eigenvalue weighted by atomic mass is 79.9. The van der Waals surface area contributed by atoms with E-state index in [4.69, 9.17) is 5.73 Å². The molecular weight excluding hydrogens is 273 g/mol. The van der Waals surface area contributed by atoms with Crippen LogP contribution < -0.4 is 5.73 Å². The van der Waals surface area contributed by atoms with Gasteiger partial charge in [0.1, 0.15) is 11.6 Å². The van der Waals surface area contributed by atoms with Gasteiger partial charge in [-0.25, -0.2) is 9.37 Å². The lowest BCUT2D eigenvalue weighted by Gasteiger charge is -2.09. The summed E-state index contributed by atoms with van der Waals surface area (Å²) < 4.78 is 14.3. The van der Waals surface area contributed by atoms with Gasteiger partial charge in [-0.15, -0.1) is 0 Å². The monoisotopic (exact) mass is 283 g/mol. The van der Waals surface area contributed by atoms with E-state index in [1.54, 1.807) is 24.5 Å². The van der Waals surface area contributed by atoms with E-state index in [1.165, 1.54) is 6.07 Å². The Morgan fingerprint density at radius 1 is 1.50 bits per heavy atom. The summed E-state index contributed by atoms with van der Waals surface area (Å²) in [7, 11) is 0. The van der Waals surface area contributed by atoms with Crippen molar-refractivity contribution < 1.29 is 4.39 Å². The second kappa shape index (κ2) is 4.76. The lowest BCUT2D eigenvalue weighted by Crippen LogP contribution is -2.15. The smallest absolute Gasteiger partial charge is 0.126 e. The van der Waals surface area contributed by atoms with Gasteiger partial charge < -0.3 is 10.7 Å². The molecule has 0 saturated heterocycles. The zero-order valence-corrected chi connectivity index (χ0v) is 10.0. The van der Waals surface area contributed by atoms with Gasteiger partial charge in [0.15, 0.2) is 0 Å². The molecule has 0 aliphatic carbocycles. The molecule has 0 aliphatic rings. The standard InChI is InChI=1S/C11H11BrFN3/c12-8-1-2-9(13)7(5-8)6-10(14)11-15-3-4-16-11/h1-5,10H,6,14H2,(H,15,16). The Morgan fingerprint density at radius 2 is 2.31 bits per heavy atom. The summed E-state index contributed by atoms with van der Waals surface area (Å²) in [5.41, 5.74) is 6.50. The Labute approximate surface area is 101 Å². The van der Waals surface area contributed by atoms with Crippen molar-refractivity contribution in [2.24, 2.45) is 5.73 Å². The molecule has 5 heteroatoms. The second-order valence-corrected chi connectivity index (χ2v) is 4.44. The minimum atomic E-state index is -0.321. The highest BCUT2D eigenvalue weighted by molar-refractivity contribution is 9.10. The zero-order chi connectivity index (χ0) is 11.5. The van der Waals surface area contributed by atoms with E-state index in [2.05, 4.69) is 25.9 Å². The van der Waals surface area contributed by atoms with Gasteiger partial charge in [-0.05, 0) is 30.2 Å². The summed E-state index contributed by atoms with van der Waals surface area (Å²) in [4.78, 5) is 6.97. The average molecular weight is 284 g/mol. The normalized spacial score (nSPS) is 12.7. The molecule has 3 N–H and O–H groups in total. The van der Waals surface area contributed by atoms with Crippen LogP contribution in [0, 0.1) is 5.82 Å². The maximum Gasteiger partial charge on any atom is 0.126 e. The van der Waals surface area contributed by atoms with E-state index in [9.17, 15) is 4.39 Å². The van der Waals surface area contributed by atoms with Gasteiger partial charge in [-0.1, -0.05) is 15.9 Å². The molecule has 0 amide bonds. The van der Waals surface area contributed by atoms with Crippen molar-refractivity contribution in [1.82, 2.24) is 9.97 Å². The van der Waals surface area contributed by atoms with Crippen LogP contribution in [0.25, 0.3) is 0 Å². The molecule has 0 radical (unpaired) electrons. The Morgan fingerprint density at radius 3 is 3.00 bits per heavy atom. The topological polar surface area (TPSA) is 54.7 Å².